The number of rotatable bonds is 4. The summed E-state index contributed by atoms with van der Waals surface area (Å²) in [7, 11) is 2.26. The van der Waals surface area contributed by atoms with Gasteiger partial charge in [-0.25, -0.2) is 0 Å². The molecule has 2 unspecified atom stereocenters. The summed E-state index contributed by atoms with van der Waals surface area (Å²) in [5.41, 5.74) is 2.90. The Balaban J connectivity index is 1.63. The van der Waals surface area contributed by atoms with Gasteiger partial charge >= 0.3 is 0 Å². The minimum Gasteiger partial charge on any atom is -0.312 e. The van der Waals surface area contributed by atoms with Gasteiger partial charge in [0, 0.05) is 19.1 Å². The summed E-state index contributed by atoms with van der Waals surface area (Å²) in [6.07, 6.45) is 4.17. The Morgan fingerprint density at radius 3 is 2.84 bits per heavy atom. The number of piperidine rings is 1. The van der Waals surface area contributed by atoms with Gasteiger partial charge in [-0.05, 0) is 57.2 Å². The van der Waals surface area contributed by atoms with Gasteiger partial charge in [-0.1, -0.05) is 29.8 Å². The molecule has 2 nitrogen and oxygen atoms in total. The fourth-order valence-corrected chi connectivity index (χ4v) is 3.29. The summed E-state index contributed by atoms with van der Waals surface area (Å²) in [6, 6.07) is 9.73. The average molecular weight is 258 g/mol. The molecule has 0 radical (unpaired) electrons. The zero-order valence-corrected chi connectivity index (χ0v) is 12.2. The quantitative estimate of drug-likeness (QED) is 0.893. The maximum atomic E-state index is 3.79. The zero-order valence-electron chi connectivity index (χ0n) is 12.2. The Hall–Kier alpha value is -0.860. The largest absolute Gasteiger partial charge is 0.312 e. The Kier molecular flexibility index (Phi) is 3.90. The topological polar surface area (TPSA) is 15.3 Å². The number of hydrogen-bond acceptors (Lipinski definition) is 2. The molecule has 2 heteroatoms. The maximum absolute atomic E-state index is 3.79. The molecule has 0 aromatic heterocycles. The van der Waals surface area contributed by atoms with Gasteiger partial charge in [0.05, 0.1) is 0 Å². The summed E-state index contributed by atoms with van der Waals surface area (Å²) in [5.74, 6) is 1.67. The van der Waals surface area contributed by atoms with Crippen LogP contribution in [-0.2, 0) is 0 Å². The second kappa shape index (κ2) is 5.64. The SMILES string of the molecule is Cc1cccc(C2CC(NCC3CC3)CN(C)C2)c1. The van der Waals surface area contributed by atoms with Gasteiger partial charge in [0.1, 0.15) is 0 Å². The van der Waals surface area contributed by atoms with Gasteiger partial charge in [-0.15, -0.1) is 0 Å². The molecular formula is C17H26N2. The Morgan fingerprint density at radius 1 is 1.26 bits per heavy atom. The van der Waals surface area contributed by atoms with Crippen molar-refractivity contribution in [1.82, 2.24) is 10.2 Å². The second-order valence-corrected chi connectivity index (χ2v) is 6.62. The maximum Gasteiger partial charge on any atom is 0.0201 e. The van der Waals surface area contributed by atoms with Crippen LogP contribution in [0.1, 0.15) is 36.3 Å². The van der Waals surface area contributed by atoms with Crippen molar-refractivity contribution in [3.8, 4) is 0 Å². The molecule has 1 heterocycles. The molecule has 0 bridgehead atoms. The van der Waals surface area contributed by atoms with Crippen LogP contribution in [0.15, 0.2) is 24.3 Å². The molecule has 19 heavy (non-hydrogen) atoms. The normalized spacial score (nSPS) is 28.5. The fraction of sp³-hybridized carbons (Fsp3) is 0.647. The highest BCUT2D eigenvalue weighted by molar-refractivity contribution is 5.26. The van der Waals surface area contributed by atoms with Crippen LogP contribution in [0, 0.1) is 12.8 Å². The van der Waals surface area contributed by atoms with E-state index < -0.39 is 0 Å². The van der Waals surface area contributed by atoms with Crippen molar-refractivity contribution >= 4 is 0 Å². The molecule has 3 rings (SSSR count). The molecule has 2 atom stereocenters. The van der Waals surface area contributed by atoms with Crippen molar-refractivity contribution in [1.29, 1.82) is 0 Å². The molecule has 0 amide bonds. The lowest BCUT2D eigenvalue weighted by atomic mass is 9.87. The summed E-state index contributed by atoms with van der Waals surface area (Å²) in [4.78, 5) is 2.49. The number of likely N-dealkylation sites (tertiary alicyclic amines) is 1. The Labute approximate surface area is 117 Å². The summed E-state index contributed by atoms with van der Waals surface area (Å²) in [5, 5.41) is 3.79. The molecule has 1 aliphatic carbocycles. The van der Waals surface area contributed by atoms with Crippen LogP contribution in [-0.4, -0.2) is 37.6 Å². The first-order valence-electron chi connectivity index (χ1n) is 7.69. The van der Waals surface area contributed by atoms with Crippen molar-refractivity contribution in [2.75, 3.05) is 26.7 Å². The first-order valence-corrected chi connectivity index (χ1v) is 7.69. The van der Waals surface area contributed by atoms with Crippen molar-refractivity contribution in [2.45, 2.75) is 38.1 Å². The van der Waals surface area contributed by atoms with Gasteiger partial charge in [-0.3, -0.25) is 0 Å². The van der Waals surface area contributed by atoms with Gasteiger partial charge in [0.15, 0.2) is 0 Å². The molecule has 1 saturated heterocycles. The predicted molar refractivity (Wildman–Crippen MR) is 80.5 cm³/mol. The van der Waals surface area contributed by atoms with E-state index >= 15 is 0 Å². The molecule has 1 saturated carbocycles. The average Bonchev–Trinajstić information content (AvgIpc) is 3.20. The third kappa shape index (κ3) is 3.58. The van der Waals surface area contributed by atoms with E-state index in [9.17, 15) is 0 Å². The van der Waals surface area contributed by atoms with Crippen LogP contribution in [0.25, 0.3) is 0 Å². The Bertz CT molecular complexity index is 425. The molecule has 1 aromatic carbocycles. The van der Waals surface area contributed by atoms with Crippen LogP contribution < -0.4 is 5.32 Å². The molecule has 104 valence electrons. The van der Waals surface area contributed by atoms with E-state index in [1.165, 1.54) is 50.0 Å². The molecule has 0 spiro atoms. The fourth-order valence-electron chi connectivity index (χ4n) is 3.29. The third-order valence-corrected chi connectivity index (χ3v) is 4.54. The van der Waals surface area contributed by atoms with Crippen molar-refractivity contribution in [3.63, 3.8) is 0 Å². The molecule has 2 fully saturated rings. The third-order valence-electron chi connectivity index (χ3n) is 4.54. The van der Waals surface area contributed by atoms with E-state index in [1.54, 1.807) is 0 Å². The van der Waals surface area contributed by atoms with Crippen LogP contribution in [0.5, 0.6) is 0 Å². The summed E-state index contributed by atoms with van der Waals surface area (Å²) in [6.45, 7) is 5.83. The van der Waals surface area contributed by atoms with Crippen molar-refractivity contribution in [3.05, 3.63) is 35.4 Å². The molecule has 1 N–H and O–H groups in total. The lowest BCUT2D eigenvalue weighted by molar-refractivity contribution is 0.204. The van der Waals surface area contributed by atoms with Crippen LogP contribution >= 0.6 is 0 Å². The highest BCUT2D eigenvalue weighted by atomic mass is 15.1. The standard InChI is InChI=1S/C17H26N2/c1-13-4-3-5-15(8-13)16-9-17(12-19(2)11-16)18-10-14-6-7-14/h3-5,8,14,16-18H,6-7,9-12H2,1-2H3. The first kappa shape index (κ1) is 13.1. The lowest BCUT2D eigenvalue weighted by Gasteiger charge is -2.36. The van der Waals surface area contributed by atoms with Crippen molar-refractivity contribution in [2.24, 2.45) is 5.92 Å². The van der Waals surface area contributed by atoms with E-state index in [4.69, 9.17) is 0 Å². The van der Waals surface area contributed by atoms with Crippen molar-refractivity contribution < 1.29 is 0 Å². The second-order valence-electron chi connectivity index (χ2n) is 6.62. The molecular weight excluding hydrogens is 232 g/mol. The smallest absolute Gasteiger partial charge is 0.0201 e. The van der Waals surface area contributed by atoms with E-state index in [-0.39, 0.29) is 0 Å². The van der Waals surface area contributed by atoms with Crippen LogP contribution in [0.2, 0.25) is 0 Å². The number of likely N-dealkylation sites (N-methyl/N-ethyl adjacent to an activating group) is 1. The predicted octanol–water partition coefficient (Wildman–Crippen LogP) is 2.78. The highest BCUT2D eigenvalue weighted by Crippen LogP contribution is 2.30. The Morgan fingerprint density at radius 2 is 2.11 bits per heavy atom. The zero-order chi connectivity index (χ0) is 13.2. The van der Waals surface area contributed by atoms with E-state index in [1.807, 2.05) is 0 Å². The minimum absolute atomic E-state index is 0.671. The number of benzene rings is 1. The summed E-state index contributed by atoms with van der Waals surface area (Å²) >= 11 is 0. The first-order chi connectivity index (χ1) is 9.20. The van der Waals surface area contributed by atoms with E-state index in [0.717, 1.165) is 5.92 Å². The molecule has 1 aromatic rings. The van der Waals surface area contributed by atoms with E-state index in [2.05, 4.69) is 48.5 Å². The van der Waals surface area contributed by atoms with Crippen LogP contribution in [0.3, 0.4) is 0 Å². The molecule has 2 aliphatic rings. The van der Waals surface area contributed by atoms with Gasteiger partial charge in [-0.2, -0.15) is 0 Å². The summed E-state index contributed by atoms with van der Waals surface area (Å²) < 4.78 is 0. The monoisotopic (exact) mass is 258 g/mol. The van der Waals surface area contributed by atoms with E-state index in [0.29, 0.717) is 12.0 Å². The van der Waals surface area contributed by atoms with Crippen LogP contribution in [0.4, 0.5) is 0 Å². The molecule has 1 aliphatic heterocycles. The highest BCUT2D eigenvalue weighted by Gasteiger charge is 2.28. The number of aryl methyl sites for hydroxylation is 1. The lowest BCUT2D eigenvalue weighted by Crippen LogP contribution is -2.47. The number of hydrogen-bond donors (Lipinski definition) is 1. The van der Waals surface area contributed by atoms with Gasteiger partial charge in [0.2, 0.25) is 0 Å². The van der Waals surface area contributed by atoms with Gasteiger partial charge in [0.25, 0.3) is 0 Å². The number of nitrogens with one attached hydrogen (secondary N) is 1. The number of nitrogens with zero attached hydrogens (tertiary/aromatic N) is 1. The van der Waals surface area contributed by atoms with Gasteiger partial charge < -0.3 is 10.2 Å². The minimum atomic E-state index is 0.671.